The van der Waals surface area contributed by atoms with Gasteiger partial charge in [0.2, 0.25) is 0 Å². The minimum absolute atomic E-state index is 0.0804. The van der Waals surface area contributed by atoms with E-state index in [-0.39, 0.29) is 12.1 Å². The summed E-state index contributed by atoms with van der Waals surface area (Å²) in [6.45, 7) is 9.72. The van der Waals surface area contributed by atoms with E-state index < -0.39 is 6.17 Å². The first-order valence-electron chi connectivity index (χ1n) is 10.6. The third-order valence-electron chi connectivity index (χ3n) is 5.20. The molecule has 3 heterocycles. The number of halogens is 1. The van der Waals surface area contributed by atoms with Crippen LogP contribution in [0, 0.1) is 0 Å². The second-order valence-corrected chi connectivity index (χ2v) is 10.7. The summed E-state index contributed by atoms with van der Waals surface area (Å²) in [4.78, 5) is 17.2. The smallest absolute Gasteiger partial charge is 0.306 e. The highest BCUT2D eigenvalue weighted by molar-refractivity contribution is 7.99. The predicted octanol–water partition coefficient (Wildman–Crippen LogP) is 4.96. The molecule has 0 saturated carbocycles. The molecule has 172 valence electrons. The number of likely N-dealkylation sites (N-methyl/N-ethyl adjacent to an activating group) is 1. The number of likely N-dealkylation sites (tertiary alicyclic amines) is 1. The van der Waals surface area contributed by atoms with E-state index in [0.29, 0.717) is 31.3 Å². The molecule has 2 aromatic rings. The molecule has 2 N–H and O–H groups in total. The molecule has 31 heavy (non-hydrogen) atoms. The molecule has 1 aliphatic heterocycles. The van der Waals surface area contributed by atoms with Gasteiger partial charge in [-0.2, -0.15) is 5.10 Å². The lowest BCUT2D eigenvalue weighted by atomic mass is 10.0. The van der Waals surface area contributed by atoms with E-state index in [9.17, 15) is 9.18 Å². The molecule has 7 nitrogen and oxygen atoms in total. The van der Waals surface area contributed by atoms with Crippen molar-refractivity contribution in [1.82, 2.24) is 19.4 Å². The van der Waals surface area contributed by atoms with Gasteiger partial charge in [0.1, 0.15) is 6.17 Å². The molecular weight excluding hydrogens is 435 g/mol. The Morgan fingerprint density at radius 2 is 2.03 bits per heavy atom. The van der Waals surface area contributed by atoms with E-state index >= 15 is 0 Å². The van der Waals surface area contributed by atoms with Crippen molar-refractivity contribution in [1.29, 1.82) is 0 Å². The number of aryl methyl sites for hydroxylation is 1. The summed E-state index contributed by atoms with van der Waals surface area (Å²) in [6, 6.07) is 1.69. The number of anilines is 2. The molecule has 1 saturated heterocycles. The van der Waals surface area contributed by atoms with Crippen LogP contribution in [0.4, 0.5) is 20.6 Å². The van der Waals surface area contributed by atoms with Crippen molar-refractivity contribution < 1.29 is 9.18 Å². The third-order valence-corrected chi connectivity index (χ3v) is 7.91. The van der Waals surface area contributed by atoms with Gasteiger partial charge in [0.25, 0.3) is 0 Å². The van der Waals surface area contributed by atoms with Crippen LogP contribution >= 0.6 is 23.5 Å². The summed E-state index contributed by atoms with van der Waals surface area (Å²) in [7, 11) is 3.76. The van der Waals surface area contributed by atoms with E-state index in [1.54, 1.807) is 22.2 Å². The third kappa shape index (κ3) is 6.14. The first-order chi connectivity index (χ1) is 14.6. The summed E-state index contributed by atoms with van der Waals surface area (Å²) >= 11 is 2.93. The van der Waals surface area contributed by atoms with Crippen LogP contribution in [-0.4, -0.2) is 53.1 Å². The molecule has 0 radical (unpaired) electrons. The van der Waals surface area contributed by atoms with Gasteiger partial charge in [-0.3, -0.25) is 13.7 Å². The molecule has 2 amide bonds. The number of rotatable bonds is 7. The molecule has 2 aromatic heterocycles. The Kier molecular flexibility index (Phi) is 7.87. The Balaban J connectivity index is 1.71. The molecule has 1 fully saturated rings. The molecule has 0 spiro atoms. The fraction of sp³-hybridized carbons (Fsp3) is 0.619. The Labute approximate surface area is 192 Å². The first-order valence-corrected chi connectivity index (χ1v) is 12.2. The van der Waals surface area contributed by atoms with Crippen molar-refractivity contribution in [2.24, 2.45) is 7.05 Å². The van der Waals surface area contributed by atoms with E-state index in [1.165, 1.54) is 21.9 Å². The number of nitrogens with one attached hydrogen (secondary N) is 2. The maximum Gasteiger partial charge on any atom is 0.330 e. The van der Waals surface area contributed by atoms with E-state index in [4.69, 9.17) is 0 Å². The number of hydrogen-bond acceptors (Lipinski definition) is 6. The summed E-state index contributed by atoms with van der Waals surface area (Å²) in [5.74, 6) is 0.736. The van der Waals surface area contributed by atoms with Crippen LogP contribution in [-0.2, 0) is 7.05 Å². The van der Waals surface area contributed by atoms with Crippen LogP contribution in [0.15, 0.2) is 18.5 Å². The molecule has 2 unspecified atom stereocenters. The molecule has 3 rings (SSSR count). The number of amides is 2. The standard InChI is InChI=1S/C21H33FN6OS2/c1-13(2)19-8-18(20(30-19)14(3)4)24-21(29)25-31-28(17-9-23-27(6)12-17)16-7-15(22)10-26(5)11-16/h8-9,12-16H,7,10-11H2,1-6H3,(H2,24,25,29). The minimum Gasteiger partial charge on any atom is -0.306 e. The van der Waals surface area contributed by atoms with Gasteiger partial charge < -0.3 is 10.2 Å². The Morgan fingerprint density at radius 1 is 1.29 bits per heavy atom. The highest BCUT2D eigenvalue weighted by Crippen LogP contribution is 2.37. The van der Waals surface area contributed by atoms with E-state index in [1.807, 2.05) is 29.5 Å². The lowest BCUT2D eigenvalue weighted by Crippen LogP contribution is -2.49. The molecule has 1 aliphatic rings. The Morgan fingerprint density at radius 3 is 2.61 bits per heavy atom. The highest BCUT2D eigenvalue weighted by Gasteiger charge is 2.31. The van der Waals surface area contributed by atoms with Crippen molar-refractivity contribution in [3.05, 3.63) is 28.2 Å². The molecule has 0 aromatic carbocycles. The zero-order chi connectivity index (χ0) is 22.7. The van der Waals surface area contributed by atoms with Crippen LogP contribution in [0.25, 0.3) is 0 Å². The van der Waals surface area contributed by atoms with Crippen molar-refractivity contribution in [3.63, 3.8) is 0 Å². The maximum absolute atomic E-state index is 14.2. The second-order valence-electron chi connectivity index (χ2n) is 8.79. The number of nitrogens with zero attached hydrogens (tertiary/aromatic N) is 4. The fourth-order valence-electron chi connectivity index (χ4n) is 3.72. The van der Waals surface area contributed by atoms with Crippen LogP contribution in [0.2, 0.25) is 0 Å². The minimum atomic E-state index is -0.897. The van der Waals surface area contributed by atoms with Crippen LogP contribution < -0.4 is 14.3 Å². The van der Waals surface area contributed by atoms with Crippen molar-refractivity contribution in [2.45, 2.75) is 58.2 Å². The number of carbonyl (C=O) groups excluding carboxylic acids is 1. The summed E-state index contributed by atoms with van der Waals surface area (Å²) in [5.41, 5.74) is 1.69. The summed E-state index contributed by atoms with van der Waals surface area (Å²) < 4.78 is 20.8. The molecular formula is C21H33FN6OS2. The SMILES string of the molecule is CC(C)c1cc(NC(=O)NSN(c2cnn(C)c2)C2CC(F)CN(C)C2)c(C(C)C)s1. The topological polar surface area (TPSA) is 65.4 Å². The maximum atomic E-state index is 14.2. The number of alkyl halides is 1. The van der Waals surface area contributed by atoms with Crippen molar-refractivity contribution >= 4 is 40.9 Å². The number of urea groups is 1. The Bertz CT molecular complexity index is 873. The molecule has 0 bridgehead atoms. The van der Waals surface area contributed by atoms with Crippen LogP contribution in [0.5, 0.6) is 0 Å². The quantitative estimate of drug-likeness (QED) is 0.562. The summed E-state index contributed by atoms with van der Waals surface area (Å²) in [6.07, 6.45) is 3.12. The normalized spacial score (nSPS) is 19.8. The number of hydrogen-bond donors (Lipinski definition) is 2. The monoisotopic (exact) mass is 468 g/mol. The number of piperidine rings is 1. The lowest BCUT2D eigenvalue weighted by Gasteiger charge is -2.38. The van der Waals surface area contributed by atoms with Gasteiger partial charge in [-0.05, 0) is 24.9 Å². The van der Waals surface area contributed by atoms with Crippen LogP contribution in [0.1, 0.15) is 55.7 Å². The molecule has 0 aliphatic carbocycles. The van der Waals surface area contributed by atoms with Crippen molar-refractivity contribution in [3.8, 4) is 0 Å². The van der Waals surface area contributed by atoms with Crippen LogP contribution in [0.3, 0.4) is 0 Å². The van der Waals surface area contributed by atoms with Gasteiger partial charge in [-0.25, -0.2) is 9.18 Å². The summed E-state index contributed by atoms with van der Waals surface area (Å²) in [5, 5.41) is 7.25. The number of thiophene rings is 1. The van der Waals surface area contributed by atoms with E-state index in [2.05, 4.69) is 48.9 Å². The average molecular weight is 469 g/mol. The van der Waals surface area contributed by atoms with Gasteiger partial charge in [0.05, 0.1) is 35.7 Å². The fourth-order valence-corrected chi connectivity index (χ4v) is 5.58. The van der Waals surface area contributed by atoms with Crippen molar-refractivity contribution in [2.75, 3.05) is 29.8 Å². The average Bonchev–Trinajstić information content (AvgIpc) is 3.28. The zero-order valence-corrected chi connectivity index (χ0v) is 20.7. The lowest BCUT2D eigenvalue weighted by molar-refractivity contribution is 0.149. The molecule has 10 heteroatoms. The Hall–Kier alpha value is -1.78. The number of carbonyl (C=O) groups is 1. The number of aromatic nitrogens is 2. The first kappa shape index (κ1) is 23.9. The largest absolute Gasteiger partial charge is 0.330 e. The van der Waals surface area contributed by atoms with Gasteiger partial charge in [0.15, 0.2) is 0 Å². The predicted molar refractivity (Wildman–Crippen MR) is 129 cm³/mol. The van der Waals surface area contributed by atoms with Gasteiger partial charge in [-0.15, -0.1) is 11.3 Å². The highest BCUT2D eigenvalue weighted by atomic mass is 32.2. The zero-order valence-electron chi connectivity index (χ0n) is 19.1. The van der Waals surface area contributed by atoms with Gasteiger partial charge in [-0.1, -0.05) is 27.7 Å². The molecule has 2 atom stereocenters. The second kappa shape index (κ2) is 10.2. The van der Waals surface area contributed by atoms with Gasteiger partial charge in [0, 0.05) is 42.5 Å². The van der Waals surface area contributed by atoms with E-state index in [0.717, 1.165) is 11.4 Å². The van der Waals surface area contributed by atoms with Gasteiger partial charge >= 0.3 is 6.03 Å².